The Morgan fingerprint density at radius 2 is 2.06 bits per heavy atom. The van der Waals surface area contributed by atoms with Crippen LogP contribution in [0.25, 0.3) is 0 Å². The van der Waals surface area contributed by atoms with Gasteiger partial charge in [0, 0.05) is 19.5 Å². The second-order valence-corrected chi connectivity index (χ2v) is 4.44. The molecule has 2 rings (SSSR count). The third kappa shape index (κ3) is 3.46. The summed E-state index contributed by atoms with van der Waals surface area (Å²) in [4.78, 5) is 0. The first kappa shape index (κ1) is 11.9. The number of hydrogen-bond acceptors (Lipinski definition) is 2. The highest BCUT2D eigenvalue weighted by Gasteiger charge is 1.99. The van der Waals surface area contributed by atoms with Gasteiger partial charge in [0.25, 0.3) is 0 Å². The lowest BCUT2D eigenvalue weighted by molar-refractivity contribution is 0.498. The summed E-state index contributed by atoms with van der Waals surface area (Å²) in [7, 11) is 0. The van der Waals surface area contributed by atoms with Gasteiger partial charge in [-0.1, -0.05) is 23.8 Å². The smallest absolute Gasteiger partial charge is 0.105 e. The molecular weight excluding hydrogens is 210 g/mol. The molecule has 0 aliphatic rings. The lowest BCUT2D eigenvalue weighted by atomic mass is 10.1. The van der Waals surface area contributed by atoms with E-state index in [1.165, 1.54) is 16.7 Å². The lowest BCUT2D eigenvalue weighted by Gasteiger charge is -2.08. The average Bonchev–Trinajstić information content (AvgIpc) is 2.79. The molecule has 0 fully saturated rings. The van der Waals surface area contributed by atoms with Crippen LogP contribution in [0.3, 0.4) is 0 Å². The quantitative estimate of drug-likeness (QED) is 0.796. The van der Waals surface area contributed by atoms with Crippen LogP contribution in [0.2, 0.25) is 0 Å². The maximum atomic E-state index is 5.29. The number of rotatable bonds is 5. The Kier molecular flexibility index (Phi) is 3.99. The summed E-state index contributed by atoms with van der Waals surface area (Å²) in [5.74, 6) is 1.04. The normalized spacial score (nSPS) is 10.7. The summed E-state index contributed by atoms with van der Waals surface area (Å²) in [6, 6.07) is 10.5. The van der Waals surface area contributed by atoms with Crippen LogP contribution in [0.1, 0.15) is 22.5 Å². The molecule has 1 aromatic carbocycles. The number of furan rings is 1. The lowest BCUT2D eigenvalue weighted by Crippen LogP contribution is -2.17. The molecule has 90 valence electrons. The van der Waals surface area contributed by atoms with Crippen molar-refractivity contribution in [3.8, 4) is 0 Å². The number of benzene rings is 1. The van der Waals surface area contributed by atoms with Crippen LogP contribution in [0.15, 0.2) is 41.0 Å². The topological polar surface area (TPSA) is 25.2 Å². The molecule has 0 amide bonds. The first-order valence-corrected chi connectivity index (χ1v) is 6.05. The molecular formula is C15H19NO. The molecule has 2 heteroatoms. The fourth-order valence-electron chi connectivity index (χ4n) is 1.93. The zero-order chi connectivity index (χ0) is 12.1. The van der Waals surface area contributed by atoms with Crippen LogP contribution in [0.5, 0.6) is 0 Å². The van der Waals surface area contributed by atoms with Gasteiger partial charge in [-0.05, 0) is 37.1 Å². The fourth-order valence-corrected chi connectivity index (χ4v) is 1.93. The molecule has 1 N–H and O–H groups in total. The van der Waals surface area contributed by atoms with Crippen LogP contribution >= 0.6 is 0 Å². The zero-order valence-corrected chi connectivity index (χ0v) is 10.5. The molecule has 0 aliphatic carbocycles. The second kappa shape index (κ2) is 5.69. The molecule has 17 heavy (non-hydrogen) atoms. The Morgan fingerprint density at radius 1 is 1.18 bits per heavy atom. The van der Waals surface area contributed by atoms with Gasteiger partial charge in [0.1, 0.15) is 5.76 Å². The highest BCUT2D eigenvalue weighted by molar-refractivity contribution is 5.30. The van der Waals surface area contributed by atoms with Crippen LogP contribution in [0.4, 0.5) is 0 Å². The van der Waals surface area contributed by atoms with E-state index in [1.54, 1.807) is 6.26 Å². The van der Waals surface area contributed by atoms with Gasteiger partial charge in [-0.15, -0.1) is 0 Å². The van der Waals surface area contributed by atoms with Gasteiger partial charge in [0.05, 0.1) is 6.26 Å². The molecule has 0 bridgehead atoms. The Bertz CT molecular complexity index is 460. The number of hydrogen-bond donors (Lipinski definition) is 1. The highest BCUT2D eigenvalue weighted by Crippen LogP contribution is 2.10. The van der Waals surface area contributed by atoms with E-state index in [2.05, 4.69) is 37.4 Å². The molecule has 0 atom stereocenters. The molecule has 0 spiro atoms. The maximum Gasteiger partial charge on any atom is 0.105 e. The molecule has 0 saturated heterocycles. The van der Waals surface area contributed by atoms with E-state index in [0.29, 0.717) is 0 Å². The van der Waals surface area contributed by atoms with Gasteiger partial charge in [0.2, 0.25) is 0 Å². The van der Waals surface area contributed by atoms with Crippen molar-refractivity contribution in [1.82, 2.24) is 5.32 Å². The summed E-state index contributed by atoms with van der Waals surface area (Å²) in [5.41, 5.74) is 4.05. The van der Waals surface area contributed by atoms with Crippen LogP contribution < -0.4 is 5.32 Å². The van der Waals surface area contributed by atoms with E-state index >= 15 is 0 Å². The van der Waals surface area contributed by atoms with Crippen molar-refractivity contribution < 1.29 is 4.42 Å². The van der Waals surface area contributed by atoms with E-state index in [-0.39, 0.29) is 0 Å². The molecule has 0 aliphatic heterocycles. The van der Waals surface area contributed by atoms with Gasteiger partial charge in [0.15, 0.2) is 0 Å². The van der Waals surface area contributed by atoms with Gasteiger partial charge in [-0.2, -0.15) is 0 Å². The minimum Gasteiger partial charge on any atom is -0.469 e. The molecule has 2 nitrogen and oxygen atoms in total. The van der Waals surface area contributed by atoms with Crippen molar-refractivity contribution in [1.29, 1.82) is 0 Å². The van der Waals surface area contributed by atoms with E-state index in [0.717, 1.165) is 25.3 Å². The summed E-state index contributed by atoms with van der Waals surface area (Å²) >= 11 is 0. The SMILES string of the molecule is Cc1ccc(CNCCc2ccco2)c(C)c1. The fraction of sp³-hybridized carbons (Fsp3) is 0.333. The van der Waals surface area contributed by atoms with E-state index in [1.807, 2.05) is 12.1 Å². The van der Waals surface area contributed by atoms with Gasteiger partial charge >= 0.3 is 0 Å². The standard InChI is InChI=1S/C15H19NO/c1-12-5-6-14(13(2)10-12)11-16-8-7-15-4-3-9-17-15/h3-6,9-10,16H,7-8,11H2,1-2H3. The first-order valence-electron chi connectivity index (χ1n) is 6.05. The van der Waals surface area contributed by atoms with Crippen molar-refractivity contribution in [2.45, 2.75) is 26.8 Å². The molecule has 0 radical (unpaired) electrons. The van der Waals surface area contributed by atoms with E-state index in [4.69, 9.17) is 4.42 Å². The van der Waals surface area contributed by atoms with Gasteiger partial charge in [-0.3, -0.25) is 0 Å². The minimum atomic E-state index is 0.923. The van der Waals surface area contributed by atoms with Gasteiger partial charge in [-0.25, -0.2) is 0 Å². The van der Waals surface area contributed by atoms with Gasteiger partial charge < -0.3 is 9.73 Å². The Labute approximate surface area is 103 Å². The summed E-state index contributed by atoms with van der Waals surface area (Å²) in [6.07, 6.45) is 2.66. The van der Waals surface area contributed by atoms with Crippen molar-refractivity contribution in [2.24, 2.45) is 0 Å². The van der Waals surface area contributed by atoms with E-state index < -0.39 is 0 Å². The minimum absolute atomic E-state index is 0.923. The van der Waals surface area contributed by atoms with Crippen molar-refractivity contribution in [3.05, 3.63) is 59.0 Å². The predicted octanol–water partition coefficient (Wildman–Crippen LogP) is 3.23. The van der Waals surface area contributed by atoms with Crippen molar-refractivity contribution in [2.75, 3.05) is 6.54 Å². The molecule has 0 saturated carbocycles. The Balaban J connectivity index is 1.78. The van der Waals surface area contributed by atoms with Crippen LogP contribution in [-0.2, 0) is 13.0 Å². The van der Waals surface area contributed by atoms with Crippen molar-refractivity contribution in [3.63, 3.8) is 0 Å². The molecule has 1 aromatic heterocycles. The number of nitrogens with one attached hydrogen (secondary N) is 1. The molecule has 2 aromatic rings. The van der Waals surface area contributed by atoms with Crippen LogP contribution in [-0.4, -0.2) is 6.54 Å². The number of aryl methyl sites for hydroxylation is 2. The summed E-state index contributed by atoms with van der Waals surface area (Å²) < 4.78 is 5.29. The first-order chi connectivity index (χ1) is 8.25. The third-order valence-electron chi connectivity index (χ3n) is 2.94. The second-order valence-electron chi connectivity index (χ2n) is 4.44. The summed E-state index contributed by atoms with van der Waals surface area (Å²) in [5, 5.41) is 3.44. The van der Waals surface area contributed by atoms with E-state index in [9.17, 15) is 0 Å². The third-order valence-corrected chi connectivity index (χ3v) is 2.94. The van der Waals surface area contributed by atoms with Crippen molar-refractivity contribution >= 4 is 0 Å². The molecule has 0 unspecified atom stereocenters. The maximum absolute atomic E-state index is 5.29. The molecule has 1 heterocycles. The highest BCUT2D eigenvalue weighted by atomic mass is 16.3. The average molecular weight is 229 g/mol. The Hall–Kier alpha value is -1.54. The summed E-state index contributed by atoms with van der Waals surface area (Å²) in [6.45, 7) is 6.16. The van der Waals surface area contributed by atoms with Crippen LogP contribution in [0, 0.1) is 13.8 Å². The predicted molar refractivity (Wildman–Crippen MR) is 70.0 cm³/mol. The monoisotopic (exact) mass is 229 g/mol. The Morgan fingerprint density at radius 3 is 2.76 bits per heavy atom. The largest absolute Gasteiger partial charge is 0.469 e. The zero-order valence-electron chi connectivity index (χ0n) is 10.5.